The number of rotatable bonds is 5. The molecule has 0 saturated heterocycles. The summed E-state index contributed by atoms with van der Waals surface area (Å²) in [5.74, 6) is -0.183. The van der Waals surface area contributed by atoms with Gasteiger partial charge in [-0.1, -0.05) is 24.6 Å². The third kappa shape index (κ3) is 3.91. The lowest BCUT2D eigenvalue weighted by atomic mass is 10.00. The maximum absolute atomic E-state index is 12.9. The lowest BCUT2D eigenvalue weighted by Crippen LogP contribution is -2.16. The molecule has 0 aliphatic rings. The normalized spacial score (nSPS) is 12.5. The maximum Gasteiger partial charge on any atom is 0.141 e. The molecule has 2 nitrogen and oxygen atoms in total. The smallest absolute Gasteiger partial charge is 0.141 e. The van der Waals surface area contributed by atoms with E-state index in [1.165, 1.54) is 12.1 Å². The molecule has 0 aromatic heterocycles. The third-order valence-electron chi connectivity index (χ3n) is 2.36. The van der Waals surface area contributed by atoms with Crippen LogP contribution in [-0.4, -0.2) is 12.3 Å². The number of nitrogens with two attached hydrogens (primary N) is 1. The quantitative estimate of drug-likeness (QED) is 0.864. The summed E-state index contributed by atoms with van der Waals surface area (Å²) >= 11 is 5.62. The summed E-state index contributed by atoms with van der Waals surface area (Å²) in [4.78, 5) is 11.6. The van der Waals surface area contributed by atoms with Crippen molar-refractivity contribution >= 4 is 17.4 Å². The SMILES string of the molecule is CC(CN)CC(=O)Cc1ccc(F)c(Cl)c1. The monoisotopic (exact) mass is 243 g/mol. The molecule has 0 spiro atoms. The molecule has 2 N–H and O–H groups in total. The van der Waals surface area contributed by atoms with E-state index in [1.807, 2.05) is 6.92 Å². The van der Waals surface area contributed by atoms with Crippen LogP contribution in [0, 0.1) is 11.7 Å². The second-order valence-electron chi connectivity index (χ2n) is 4.01. The van der Waals surface area contributed by atoms with Gasteiger partial charge in [0.2, 0.25) is 0 Å². The van der Waals surface area contributed by atoms with Crippen LogP contribution in [0.2, 0.25) is 5.02 Å². The van der Waals surface area contributed by atoms with Crippen molar-refractivity contribution in [1.29, 1.82) is 0 Å². The lowest BCUT2D eigenvalue weighted by Gasteiger charge is -2.07. The van der Waals surface area contributed by atoms with Gasteiger partial charge < -0.3 is 5.73 Å². The van der Waals surface area contributed by atoms with E-state index in [0.717, 1.165) is 5.56 Å². The fraction of sp³-hybridized carbons (Fsp3) is 0.417. The Bertz CT molecular complexity index is 381. The van der Waals surface area contributed by atoms with E-state index in [9.17, 15) is 9.18 Å². The predicted molar refractivity (Wildman–Crippen MR) is 63.0 cm³/mol. The molecule has 0 bridgehead atoms. The van der Waals surface area contributed by atoms with Crippen LogP contribution < -0.4 is 5.73 Å². The van der Waals surface area contributed by atoms with E-state index in [-0.39, 0.29) is 23.1 Å². The minimum Gasteiger partial charge on any atom is -0.330 e. The molecular formula is C12H15ClFNO. The number of carbonyl (C=O) groups is 1. The highest BCUT2D eigenvalue weighted by molar-refractivity contribution is 6.30. The first-order valence-corrected chi connectivity index (χ1v) is 5.56. The van der Waals surface area contributed by atoms with E-state index in [0.29, 0.717) is 13.0 Å². The Morgan fingerprint density at radius 3 is 2.81 bits per heavy atom. The maximum atomic E-state index is 12.9. The largest absolute Gasteiger partial charge is 0.330 e. The number of hydrogen-bond donors (Lipinski definition) is 1. The third-order valence-corrected chi connectivity index (χ3v) is 2.65. The zero-order valence-electron chi connectivity index (χ0n) is 9.17. The fourth-order valence-corrected chi connectivity index (χ4v) is 1.62. The minimum absolute atomic E-state index is 0.0529. The molecule has 0 fully saturated rings. The molecule has 4 heteroatoms. The Labute approximate surface area is 99.6 Å². The van der Waals surface area contributed by atoms with Crippen LogP contribution in [0.3, 0.4) is 0 Å². The van der Waals surface area contributed by atoms with Crippen molar-refractivity contribution in [1.82, 2.24) is 0 Å². The summed E-state index contributed by atoms with van der Waals surface area (Å²) < 4.78 is 12.9. The van der Waals surface area contributed by atoms with Gasteiger partial charge in [-0.3, -0.25) is 4.79 Å². The molecule has 16 heavy (non-hydrogen) atoms. The number of benzene rings is 1. The zero-order valence-corrected chi connectivity index (χ0v) is 9.93. The first-order chi connectivity index (χ1) is 7.52. The van der Waals surface area contributed by atoms with Gasteiger partial charge in [0.25, 0.3) is 0 Å². The molecule has 0 heterocycles. The molecule has 88 valence electrons. The first-order valence-electron chi connectivity index (χ1n) is 5.18. The van der Waals surface area contributed by atoms with Crippen LogP contribution in [0.5, 0.6) is 0 Å². The molecule has 0 saturated carbocycles. The van der Waals surface area contributed by atoms with Crippen molar-refractivity contribution in [2.45, 2.75) is 19.8 Å². The van der Waals surface area contributed by atoms with Gasteiger partial charge in [0, 0.05) is 12.8 Å². The molecule has 1 unspecified atom stereocenters. The topological polar surface area (TPSA) is 43.1 Å². The van der Waals surface area contributed by atoms with Gasteiger partial charge in [-0.05, 0) is 30.2 Å². The number of Topliss-reactive ketones (excluding diaryl/α,β-unsaturated/α-hetero) is 1. The van der Waals surface area contributed by atoms with Crippen LogP contribution >= 0.6 is 11.6 Å². The van der Waals surface area contributed by atoms with Gasteiger partial charge in [0.1, 0.15) is 11.6 Å². The van der Waals surface area contributed by atoms with Crippen molar-refractivity contribution in [3.8, 4) is 0 Å². The molecular weight excluding hydrogens is 229 g/mol. The first kappa shape index (κ1) is 13.1. The Hall–Kier alpha value is -0.930. The number of ketones is 1. The molecule has 1 aromatic carbocycles. The fourth-order valence-electron chi connectivity index (χ4n) is 1.42. The number of halogens is 2. The zero-order chi connectivity index (χ0) is 12.1. The van der Waals surface area contributed by atoms with Crippen molar-refractivity contribution in [2.75, 3.05) is 6.54 Å². The van der Waals surface area contributed by atoms with Crippen LogP contribution in [0.25, 0.3) is 0 Å². The van der Waals surface area contributed by atoms with E-state index >= 15 is 0 Å². The van der Waals surface area contributed by atoms with E-state index in [4.69, 9.17) is 17.3 Å². The van der Waals surface area contributed by atoms with Crippen LogP contribution in [0.4, 0.5) is 4.39 Å². The van der Waals surface area contributed by atoms with E-state index in [1.54, 1.807) is 6.07 Å². The Kier molecular flexibility index (Phi) is 4.90. The van der Waals surface area contributed by atoms with E-state index < -0.39 is 5.82 Å². The summed E-state index contributed by atoms with van der Waals surface area (Å²) in [5, 5.41) is 0.0529. The van der Waals surface area contributed by atoms with Crippen molar-refractivity contribution in [2.24, 2.45) is 11.7 Å². The van der Waals surface area contributed by atoms with Crippen LogP contribution in [0.15, 0.2) is 18.2 Å². The van der Waals surface area contributed by atoms with Gasteiger partial charge in [-0.2, -0.15) is 0 Å². The molecule has 0 aliphatic carbocycles. The molecule has 0 radical (unpaired) electrons. The molecule has 1 rings (SSSR count). The van der Waals surface area contributed by atoms with Gasteiger partial charge in [0.15, 0.2) is 0 Å². The number of hydrogen-bond acceptors (Lipinski definition) is 2. The Morgan fingerprint density at radius 1 is 1.56 bits per heavy atom. The lowest BCUT2D eigenvalue weighted by molar-refractivity contribution is -0.119. The summed E-state index contributed by atoms with van der Waals surface area (Å²) in [7, 11) is 0. The number of carbonyl (C=O) groups excluding carboxylic acids is 1. The van der Waals surface area contributed by atoms with Gasteiger partial charge in [-0.25, -0.2) is 4.39 Å². The molecule has 0 aliphatic heterocycles. The molecule has 1 aromatic rings. The predicted octanol–water partition coefficient (Wildman–Crippen LogP) is 2.58. The second kappa shape index (κ2) is 5.97. The summed E-state index contributed by atoms with van der Waals surface area (Å²) in [6, 6.07) is 4.34. The Balaban J connectivity index is 2.59. The van der Waals surface area contributed by atoms with Crippen molar-refractivity contribution in [3.05, 3.63) is 34.6 Å². The highest BCUT2D eigenvalue weighted by Gasteiger charge is 2.09. The standard InChI is InChI=1S/C12H15ClFNO/c1-8(7-15)4-10(16)5-9-2-3-12(14)11(13)6-9/h2-3,6,8H,4-5,7,15H2,1H3. The second-order valence-corrected chi connectivity index (χ2v) is 4.42. The minimum atomic E-state index is -0.465. The summed E-state index contributed by atoms with van der Waals surface area (Å²) in [5.41, 5.74) is 6.17. The summed E-state index contributed by atoms with van der Waals surface area (Å²) in [6.07, 6.45) is 0.732. The highest BCUT2D eigenvalue weighted by atomic mass is 35.5. The van der Waals surface area contributed by atoms with E-state index in [2.05, 4.69) is 0 Å². The Morgan fingerprint density at radius 2 is 2.25 bits per heavy atom. The van der Waals surface area contributed by atoms with Gasteiger partial charge in [-0.15, -0.1) is 0 Å². The molecule has 1 atom stereocenters. The highest BCUT2D eigenvalue weighted by Crippen LogP contribution is 2.17. The average molecular weight is 244 g/mol. The van der Waals surface area contributed by atoms with Gasteiger partial charge in [0.05, 0.1) is 5.02 Å². The molecule has 0 amide bonds. The van der Waals surface area contributed by atoms with Crippen molar-refractivity contribution < 1.29 is 9.18 Å². The summed E-state index contributed by atoms with van der Waals surface area (Å²) in [6.45, 7) is 2.42. The van der Waals surface area contributed by atoms with Crippen LogP contribution in [0.1, 0.15) is 18.9 Å². The average Bonchev–Trinajstić information content (AvgIpc) is 2.23. The van der Waals surface area contributed by atoms with Gasteiger partial charge >= 0.3 is 0 Å². The van der Waals surface area contributed by atoms with Crippen LogP contribution in [-0.2, 0) is 11.2 Å². The van der Waals surface area contributed by atoms with Crippen molar-refractivity contribution in [3.63, 3.8) is 0 Å².